The second-order valence-electron chi connectivity index (χ2n) is 10.7. The van der Waals surface area contributed by atoms with E-state index in [9.17, 15) is 14.7 Å². The molecule has 0 aromatic rings. The standard InChI is InChI=1S/C21H41NO6Si/c1-13-15(16(23)14-26-29(11,12)21(8,9)10)22(17(24)27-19(2,3)4)18(25)28-20(5,6)7/h13,15-16,23H,1,14H2,2-12H3/t15-,16+/m0/s1. The third kappa shape index (κ3) is 9.31. The van der Waals surface area contributed by atoms with Crippen LogP contribution in [0.5, 0.6) is 0 Å². The van der Waals surface area contributed by atoms with Gasteiger partial charge in [-0.05, 0) is 59.7 Å². The molecule has 0 aromatic heterocycles. The Balaban J connectivity index is 5.70. The summed E-state index contributed by atoms with van der Waals surface area (Å²) < 4.78 is 16.8. The van der Waals surface area contributed by atoms with E-state index in [1.807, 2.05) is 0 Å². The number of carbonyl (C=O) groups is 2. The normalized spacial score (nSPS) is 15.3. The summed E-state index contributed by atoms with van der Waals surface area (Å²) in [5, 5.41) is 10.7. The molecule has 0 unspecified atom stereocenters. The summed E-state index contributed by atoms with van der Waals surface area (Å²) in [6.45, 7) is 24.2. The molecule has 0 aromatic carbocycles. The summed E-state index contributed by atoms with van der Waals surface area (Å²) in [6.07, 6.45) is -1.68. The van der Waals surface area contributed by atoms with Gasteiger partial charge in [0.05, 0.1) is 12.6 Å². The van der Waals surface area contributed by atoms with Gasteiger partial charge >= 0.3 is 12.2 Å². The van der Waals surface area contributed by atoms with Crippen molar-refractivity contribution in [3.8, 4) is 0 Å². The Kier molecular flexibility index (Phi) is 9.16. The van der Waals surface area contributed by atoms with Crippen LogP contribution in [0.2, 0.25) is 18.1 Å². The van der Waals surface area contributed by atoms with E-state index in [0.29, 0.717) is 0 Å². The molecule has 0 fully saturated rings. The second kappa shape index (κ2) is 9.62. The van der Waals surface area contributed by atoms with E-state index >= 15 is 0 Å². The van der Waals surface area contributed by atoms with Crippen LogP contribution >= 0.6 is 0 Å². The summed E-state index contributed by atoms with van der Waals surface area (Å²) in [4.78, 5) is 26.3. The van der Waals surface area contributed by atoms with Crippen LogP contribution in [-0.4, -0.2) is 60.5 Å². The Morgan fingerprint density at radius 3 is 1.62 bits per heavy atom. The number of amides is 2. The molecule has 7 nitrogen and oxygen atoms in total. The van der Waals surface area contributed by atoms with Crippen molar-refractivity contribution in [3.05, 3.63) is 12.7 Å². The van der Waals surface area contributed by atoms with E-state index in [1.165, 1.54) is 6.08 Å². The highest BCUT2D eigenvalue weighted by Crippen LogP contribution is 2.36. The Morgan fingerprint density at radius 1 is 0.966 bits per heavy atom. The minimum Gasteiger partial charge on any atom is -0.443 e. The highest BCUT2D eigenvalue weighted by Gasteiger charge is 2.41. The molecule has 0 heterocycles. The number of imide groups is 1. The van der Waals surface area contributed by atoms with Crippen molar-refractivity contribution >= 4 is 20.5 Å². The molecular weight excluding hydrogens is 390 g/mol. The van der Waals surface area contributed by atoms with Crippen molar-refractivity contribution in [1.82, 2.24) is 4.90 Å². The van der Waals surface area contributed by atoms with Gasteiger partial charge in [-0.3, -0.25) is 0 Å². The molecular formula is C21H41NO6Si. The molecule has 0 rings (SSSR count). The quantitative estimate of drug-likeness (QED) is 0.465. The van der Waals surface area contributed by atoms with E-state index in [0.717, 1.165) is 4.90 Å². The summed E-state index contributed by atoms with van der Waals surface area (Å²) in [5.74, 6) is 0. The van der Waals surface area contributed by atoms with Crippen molar-refractivity contribution in [1.29, 1.82) is 0 Å². The van der Waals surface area contributed by atoms with E-state index < -0.39 is 43.9 Å². The summed E-state index contributed by atoms with van der Waals surface area (Å²) >= 11 is 0. The van der Waals surface area contributed by atoms with Crippen LogP contribution in [0.4, 0.5) is 9.59 Å². The summed E-state index contributed by atoms with van der Waals surface area (Å²) in [7, 11) is -2.14. The lowest BCUT2D eigenvalue weighted by molar-refractivity contribution is -0.0233. The number of rotatable bonds is 6. The molecule has 2 amide bonds. The van der Waals surface area contributed by atoms with Crippen molar-refractivity contribution in [2.75, 3.05) is 6.61 Å². The van der Waals surface area contributed by atoms with Crippen molar-refractivity contribution in [2.24, 2.45) is 0 Å². The molecule has 0 aliphatic rings. The minimum absolute atomic E-state index is 0.0464. The predicted molar refractivity (Wildman–Crippen MR) is 117 cm³/mol. The molecule has 1 N–H and O–H groups in total. The smallest absolute Gasteiger partial charge is 0.420 e. The number of carbonyl (C=O) groups excluding carboxylic acids is 2. The van der Waals surface area contributed by atoms with Gasteiger partial charge in [0, 0.05) is 0 Å². The van der Waals surface area contributed by atoms with Gasteiger partial charge in [0.15, 0.2) is 8.32 Å². The Labute approximate surface area is 177 Å². The fraction of sp³-hybridized carbons (Fsp3) is 0.810. The Morgan fingerprint density at radius 2 is 1.34 bits per heavy atom. The molecule has 170 valence electrons. The van der Waals surface area contributed by atoms with Crippen LogP contribution in [0.3, 0.4) is 0 Å². The second-order valence-corrected chi connectivity index (χ2v) is 15.5. The lowest BCUT2D eigenvalue weighted by atomic mass is 10.1. The third-order valence-electron chi connectivity index (χ3n) is 4.54. The molecule has 8 heteroatoms. The van der Waals surface area contributed by atoms with Gasteiger partial charge < -0.3 is 19.0 Å². The monoisotopic (exact) mass is 431 g/mol. The zero-order valence-electron chi connectivity index (χ0n) is 20.1. The molecule has 0 aliphatic heterocycles. The number of nitrogens with zero attached hydrogens (tertiary/aromatic N) is 1. The fourth-order valence-corrected chi connectivity index (χ4v) is 3.00. The van der Waals surface area contributed by atoms with Gasteiger partial charge in [-0.15, -0.1) is 6.58 Å². The molecule has 0 spiro atoms. The van der Waals surface area contributed by atoms with Crippen LogP contribution in [0.1, 0.15) is 62.3 Å². The molecule has 0 saturated carbocycles. The summed E-state index contributed by atoms with van der Waals surface area (Å²) in [6, 6.07) is -1.07. The zero-order valence-corrected chi connectivity index (χ0v) is 21.1. The average molecular weight is 432 g/mol. The van der Waals surface area contributed by atoms with E-state index in [-0.39, 0.29) is 11.6 Å². The highest BCUT2D eigenvalue weighted by molar-refractivity contribution is 6.74. The molecule has 2 atom stereocenters. The molecule has 29 heavy (non-hydrogen) atoms. The maximum absolute atomic E-state index is 12.8. The van der Waals surface area contributed by atoms with E-state index in [4.69, 9.17) is 13.9 Å². The summed E-state index contributed by atoms with van der Waals surface area (Å²) in [5.41, 5.74) is -1.66. The minimum atomic E-state index is -2.14. The first kappa shape index (κ1) is 27.6. The van der Waals surface area contributed by atoms with Gasteiger partial charge in [-0.1, -0.05) is 26.8 Å². The van der Waals surface area contributed by atoms with E-state index in [2.05, 4.69) is 40.4 Å². The number of ether oxygens (including phenoxy) is 2. The van der Waals surface area contributed by atoms with Crippen molar-refractivity contribution < 1.29 is 28.6 Å². The fourth-order valence-electron chi connectivity index (χ4n) is 1.98. The van der Waals surface area contributed by atoms with Gasteiger partial charge in [-0.25, -0.2) is 14.5 Å². The number of hydrogen-bond acceptors (Lipinski definition) is 6. The van der Waals surface area contributed by atoms with Gasteiger partial charge in [-0.2, -0.15) is 0 Å². The van der Waals surface area contributed by atoms with Crippen molar-refractivity contribution in [2.45, 2.75) is 104 Å². The SMILES string of the molecule is C=C[C@@H]([C@H](O)CO[Si](C)(C)C(C)(C)C)N(C(=O)OC(C)(C)C)C(=O)OC(C)(C)C. The molecule has 0 aliphatic carbocycles. The third-order valence-corrected chi connectivity index (χ3v) is 9.04. The van der Waals surface area contributed by atoms with Crippen LogP contribution in [-0.2, 0) is 13.9 Å². The maximum Gasteiger partial charge on any atom is 0.420 e. The highest BCUT2D eigenvalue weighted by atomic mass is 28.4. The first-order valence-corrected chi connectivity index (χ1v) is 12.8. The van der Waals surface area contributed by atoms with Gasteiger partial charge in [0.25, 0.3) is 0 Å². The molecule has 0 saturated heterocycles. The average Bonchev–Trinajstić information content (AvgIpc) is 2.44. The number of aliphatic hydroxyl groups is 1. The van der Waals surface area contributed by atoms with Gasteiger partial charge in [0.2, 0.25) is 0 Å². The van der Waals surface area contributed by atoms with Crippen LogP contribution in [0.25, 0.3) is 0 Å². The first-order chi connectivity index (χ1) is 12.7. The molecule has 0 bridgehead atoms. The van der Waals surface area contributed by atoms with Gasteiger partial charge in [0.1, 0.15) is 17.3 Å². The van der Waals surface area contributed by atoms with Crippen LogP contribution < -0.4 is 0 Å². The number of aliphatic hydroxyl groups excluding tert-OH is 1. The van der Waals surface area contributed by atoms with Crippen LogP contribution in [0.15, 0.2) is 12.7 Å². The Bertz CT molecular complexity index is 555. The predicted octanol–water partition coefficient (Wildman–Crippen LogP) is 5.10. The Hall–Kier alpha value is -1.38. The maximum atomic E-state index is 12.8. The topological polar surface area (TPSA) is 85.3 Å². The zero-order chi connectivity index (χ0) is 23.4. The van der Waals surface area contributed by atoms with E-state index in [1.54, 1.807) is 41.5 Å². The van der Waals surface area contributed by atoms with Crippen molar-refractivity contribution in [3.63, 3.8) is 0 Å². The first-order valence-electron chi connectivity index (χ1n) is 9.91. The number of hydrogen-bond donors (Lipinski definition) is 1. The lowest BCUT2D eigenvalue weighted by Crippen LogP contribution is -2.54. The van der Waals surface area contributed by atoms with Crippen LogP contribution in [0, 0.1) is 0 Å². The largest absolute Gasteiger partial charge is 0.443 e. The molecule has 0 radical (unpaired) electrons. The lowest BCUT2D eigenvalue weighted by Gasteiger charge is -2.38.